The molecule has 0 bridgehead atoms. The summed E-state index contributed by atoms with van der Waals surface area (Å²) in [4.78, 5) is 15.6. The van der Waals surface area contributed by atoms with E-state index in [9.17, 15) is 4.79 Å². The van der Waals surface area contributed by atoms with Crippen molar-refractivity contribution in [2.45, 2.75) is 58.0 Å². The van der Waals surface area contributed by atoms with Crippen LogP contribution in [0, 0.1) is 5.92 Å². The van der Waals surface area contributed by atoms with Crippen molar-refractivity contribution in [2.24, 2.45) is 5.92 Å². The zero-order chi connectivity index (χ0) is 18.1. The Hall–Kier alpha value is -1.81. The number of hydrogen-bond donors (Lipinski definition) is 1. The Balaban J connectivity index is 1.47. The number of aromatic nitrogens is 1. The summed E-state index contributed by atoms with van der Waals surface area (Å²) >= 11 is 0. The van der Waals surface area contributed by atoms with E-state index in [0.29, 0.717) is 18.0 Å². The molecule has 140 valence electrons. The van der Waals surface area contributed by atoms with E-state index >= 15 is 0 Å². The van der Waals surface area contributed by atoms with Crippen LogP contribution >= 0.6 is 0 Å². The van der Waals surface area contributed by atoms with Gasteiger partial charge in [0.05, 0.1) is 0 Å². The van der Waals surface area contributed by atoms with Crippen molar-refractivity contribution in [1.82, 2.24) is 14.8 Å². The van der Waals surface area contributed by atoms with E-state index in [0.717, 1.165) is 23.0 Å². The largest absolute Gasteiger partial charge is 0.352 e. The van der Waals surface area contributed by atoms with E-state index in [1.165, 1.54) is 45.2 Å². The fourth-order valence-corrected chi connectivity index (χ4v) is 4.97. The van der Waals surface area contributed by atoms with E-state index in [4.69, 9.17) is 0 Å². The van der Waals surface area contributed by atoms with E-state index in [1.54, 1.807) is 0 Å². The second kappa shape index (κ2) is 7.43. The lowest BCUT2D eigenvalue weighted by molar-refractivity contribution is 0.0576. The van der Waals surface area contributed by atoms with Crippen molar-refractivity contribution in [3.8, 4) is 0 Å². The molecule has 2 saturated heterocycles. The molecule has 2 atom stereocenters. The molecular weight excluding hydrogens is 322 g/mol. The highest BCUT2D eigenvalue weighted by Gasteiger charge is 2.33. The predicted molar refractivity (Wildman–Crippen MR) is 107 cm³/mol. The molecule has 1 aromatic heterocycles. The van der Waals surface area contributed by atoms with E-state index < -0.39 is 0 Å². The highest BCUT2D eigenvalue weighted by atomic mass is 16.1. The molecule has 2 aliphatic rings. The van der Waals surface area contributed by atoms with Gasteiger partial charge in [0.15, 0.2) is 0 Å². The Morgan fingerprint density at radius 1 is 1.15 bits per heavy atom. The highest BCUT2D eigenvalue weighted by Crippen LogP contribution is 2.30. The number of piperidine rings is 2. The van der Waals surface area contributed by atoms with Crippen LogP contribution in [0.15, 0.2) is 30.5 Å². The van der Waals surface area contributed by atoms with Gasteiger partial charge in [-0.3, -0.25) is 4.79 Å². The number of nitrogens with zero attached hydrogens (tertiary/aromatic N) is 2. The summed E-state index contributed by atoms with van der Waals surface area (Å²) in [7, 11) is 0. The van der Waals surface area contributed by atoms with Crippen LogP contribution in [0.2, 0.25) is 0 Å². The van der Waals surface area contributed by atoms with Gasteiger partial charge in [-0.25, -0.2) is 0 Å². The van der Waals surface area contributed by atoms with Gasteiger partial charge in [-0.1, -0.05) is 12.5 Å². The molecular formula is C22H31N3O. The van der Waals surface area contributed by atoms with Gasteiger partial charge in [0.25, 0.3) is 5.91 Å². The van der Waals surface area contributed by atoms with Crippen LogP contribution in [-0.4, -0.2) is 41.1 Å². The number of carbonyl (C=O) groups excluding carboxylic acids is 1. The lowest BCUT2D eigenvalue weighted by Gasteiger charge is -2.44. The van der Waals surface area contributed by atoms with Gasteiger partial charge in [-0.15, -0.1) is 0 Å². The fraction of sp³-hybridized carbons (Fsp3) is 0.591. The first-order valence-electron chi connectivity index (χ1n) is 10.3. The van der Waals surface area contributed by atoms with Gasteiger partial charge in [-0.05, 0) is 76.7 Å². The third-order valence-electron chi connectivity index (χ3n) is 6.32. The summed E-state index contributed by atoms with van der Waals surface area (Å²) in [5, 5.41) is 4.31. The first-order chi connectivity index (χ1) is 12.6. The summed E-state index contributed by atoms with van der Waals surface area (Å²) in [5.41, 5.74) is 1.95. The molecule has 1 aromatic carbocycles. The van der Waals surface area contributed by atoms with Crippen LogP contribution in [0.5, 0.6) is 0 Å². The summed E-state index contributed by atoms with van der Waals surface area (Å²) in [6, 6.07) is 9.21. The summed E-state index contributed by atoms with van der Waals surface area (Å²) in [6.45, 7) is 7.64. The maximum atomic E-state index is 12.9. The van der Waals surface area contributed by atoms with Gasteiger partial charge in [0.2, 0.25) is 0 Å². The molecule has 1 N–H and O–H groups in total. The van der Waals surface area contributed by atoms with Crippen LogP contribution in [-0.2, 0) is 0 Å². The number of fused-ring (bicyclic) bond motifs is 2. The minimum Gasteiger partial charge on any atom is -0.352 e. The van der Waals surface area contributed by atoms with Gasteiger partial charge >= 0.3 is 0 Å². The normalized spacial score (nSPS) is 24.0. The van der Waals surface area contributed by atoms with E-state index in [1.807, 2.05) is 12.1 Å². The summed E-state index contributed by atoms with van der Waals surface area (Å²) in [6.07, 6.45) is 8.58. The maximum absolute atomic E-state index is 12.9. The highest BCUT2D eigenvalue weighted by molar-refractivity contribution is 6.06. The molecule has 0 spiro atoms. The maximum Gasteiger partial charge on any atom is 0.251 e. The number of hydrogen-bond acceptors (Lipinski definition) is 2. The van der Waals surface area contributed by atoms with Crippen LogP contribution in [0.1, 0.15) is 62.4 Å². The third kappa shape index (κ3) is 3.27. The van der Waals surface area contributed by atoms with Gasteiger partial charge in [0.1, 0.15) is 0 Å². The predicted octanol–water partition coefficient (Wildman–Crippen LogP) is 4.22. The van der Waals surface area contributed by atoms with Crippen molar-refractivity contribution >= 4 is 16.8 Å². The molecule has 4 rings (SSSR count). The lowest BCUT2D eigenvalue weighted by Crippen LogP contribution is -2.51. The molecule has 2 aromatic rings. The molecule has 4 nitrogen and oxygen atoms in total. The zero-order valence-electron chi connectivity index (χ0n) is 16.1. The quantitative estimate of drug-likeness (QED) is 0.894. The fourth-order valence-electron chi connectivity index (χ4n) is 4.97. The smallest absolute Gasteiger partial charge is 0.251 e. The number of benzene rings is 1. The van der Waals surface area contributed by atoms with Crippen molar-refractivity contribution in [3.63, 3.8) is 0 Å². The van der Waals surface area contributed by atoms with Crippen LogP contribution < -0.4 is 5.32 Å². The molecule has 26 heavy (non-hydrogen) atoms. The Morgan fingerprint density at radius 3 is 2.85 bits per heavy atom. The molecule has 0 aliphatic carbocycles. The third-order valence-corrected chi connectivity index (χ3v) is 6.32. The molecule has 0 radical (unpaired) electrons. The van der Waals surface area contributed by atoms with Gasteiger partial charge < -0.3 is 14.8 Å². The van der Waals surface area contributed by atoms with Crippen molar-refractivity contribution in [1.29, 1.82) is 0 Å². The molecule has 2 aliphatic heterocycles. The average Bonchev–Trinajstić information content (AvgIpc) is 3.10. The zero-order valence-corrected chi connectivity index (χ0v) is 16.1. The second-order valence-corrected chi connectivity index (χ2v) is 8.27. The Labute approximate surface area is 156 Å². The summed E-state index contributed by atoms with van der Waals surface area (Å²) in [5.74, 6) is 0.678. The minimum atomic E-state index is 0.0741. The van der Waals surface area contributed by atoms with Crippen molar-refractivity contribution in [2.75, 3.05) is 19.6 Å². The van der Waals surface area contributed by atoms with Gasteiger partial charge in [0, 0.05) is 41.3 Å². The SMILES string of the molecule is CC(C)n1ccc2c(C(=O)NCC3CCCN4CCCCC34)cccc21. The topological polar surface area (TPSA) is 37.3 Å². The Kier molecular flexibility index (Phi) is 5.03. The Morgan fingerprint density at radius 2 is 2.00 bits per heavy atom. The Bertz CT molecular complexity index is 777. The first kappa shape index (κ1) is 17.6. The standard InChI is InChI=1S/C22H31N3O/c1-16(2)25-14-11-18-19(8-5-10-21(18)25)22(26)23-15-17-7-6-13-24-12-4-3-9-20(17)24/h5,8,10-11,14,16-17,20H,3-4,6-7,9,12-13,15H2,1-2H3,(H,23,26). The van der Waals surface area contributed by atoms with E-state index in [-0.39, 0.29) is 5.91 Å². The number of amides is 1. The summed E-state index contributed by atoms with van der Waals surface area (Å²) < 4.78 is 2.23. The van der Waals surface area contributed by atoms with Crippen molar-refractivity contribution < 1.29 is 4.79 Å². The second-order valence-electron chi connectivity index (χ2n) is 8.27. The first-order valence-corrected chi connectivity index (χ1v) is 10.3. The minimum absolute atomic E-state index is 0.0741. The lowest BCUT2D eigenvalue weighted by atomic mass is 9.83. The molecule has 2 fully saturated rings. The number of rotatable bonds is 4. The number of nitrogens with one attached hydrogen (secondary N) is 1. The molecule has 3 heterocycles. The van der Waals surface area contributed by atoms with Crippen LogP contribution in [0.4, 0.5) is 0 Å². The average molecular weight is 354 g/mol. The van der Waals surface area contributed by atoms with Crippen LogP contribution in [0.25, 0.3) is 10.9 Å². The van der Waals surface area contributed by atoms with Gasteiger partial charge in [-0.2, -0.15) is 0 Å². The molecule has 0 saturated carbocycles. The molecule has 2 unspecified atom stereocenters. The molecule has 1 amide bonds. The molecule has 4 heteroatoms. The van der Waals surface area contributed by atoms with Crippen LogP contribution in [0.3, 0.4) is 0 Å². The monoisotopic (exact) mass is 353 g/mol. The van der Waals surface area contributed by atoms with E-state index in [2.05, 4.69) is 47.0 Å². The van der Waals surface area contributed by atoms with Crippen molar-refractivity contribution in [3.05, 3.63) is 36.0 Å². The number of carbonyl (C=O) groups is 1.